The molecule has 3 heterocycles. The van der Waals surface area contributed by atoms with Crippen LogP contribution in [0.5, 0.6) is 5.75 Å². The number of anilines is 1. The lowest BCUT2D eigenvalue weighted by Crippen LogP contribution is -2.50. The number of ether oxygens (including phenoxy) is 1. The molecule has 0 N–H and O–H groups in total. The first-order valence-electron chi connectivity index (χ1n) is 11.7. The van der Waals surface area contributed by atoms with E-state index in [-0.39, 0.29) is 11.6 Å². The van der Waals surface area contributed by atoms with Gasteiger partial charge < -0.3 is 14.5 Å². The van der Waals surface area contributed by atoms with Crippen molar-refractivity contribution in [2.45, 2.75) is 32.2 Å². The number of hydrogen-bond donors (Lipinski definition) is 0. The smallest absolute Gasteiger partial charge is 0.328 e. The molecule has 0 unspecified atom stereocenters. The van der Waals surface area contributed by atoms with E-state index in [1.807, 2.05) is 46.3 Å². The quantitative estimate of drug-likeness (QED) is 0.575. The monoisotopic (exact) mass is 469 g/mol. The molecule has 2 aliphatic rings. The van der Waals surface area contributed by atoms with Gasteiger partial charge >= 0.3 is 5.69 Å². The molecule has 0 radical (unpaired) electrons. The van der Waals surface area contributed by atoms with Crippen LogP contribution in [0.3, 0.4) is 0 Å². The maximum atomic E-state index is 13.1. The average molecular weight is 470 g/mol. The second-order valence-corrected chi connectivity index (χ2v) is 10.0. The highest BCUT2D eigenvalue weighted by Crippen LogP contribution is 2.32. The number of carbonyl (C=O) groups excluding carboxylic acids is 1. The summed E-state index contributed by atoms with van der Waals surface area (Å²) in [5.74, 6) is 1.58. The van der Waals surface area contributed by atoms with Gasteiger partial charge in [0, 0.05) is 63.3 Å². The summed E-state index contributed by atoms with van der Waals surface area (Å²) in [6.07, 6.45) is 5.58. The second-order valence-electron chi connectivity index (χ2n) is 9.15. The molecule has 0 atom stereocenters. The lowest BCUT2D eigenvalue weighted by Gasteiger charge is -2.37. The zero-order valence-corrected chi connectivity index (χ0v) is 20.1. The van der Waals surface area contributed by atoms with E-state index in [1.165, 1.54) is 0 Å². The van der Waals surface area contributed by atoms with Gasteiger partial charge in [0.1, 0.15) is 5.75 Å². The van der Waals surface area contributed by atoms with Crippen LogP contribution in [-0.2, 0) is 18.4 Å². The highest BCUT2D eigenvalue weighted by molar-refractivity contribution is 7.13. The van der Waals surface area contributed by atoms with E-state index >= 15 is 0 Å². The summed E-state index contributed by atoms with van der Waals surface area (Å²) >= 11 is 1.65. The summed E-state index contributed by atoms with van der Waals surface area (Å²) < 4.78 is 8.95. The molecule has 3 aromatic rings. The van der Waals surface area contributed by atoms with Gasteiger partial charge in [-0.05, 0) is 43.7 Å². The minimum Gasteiger partial charge on any atom is -0.497 e. The number of imidazole rings is 1. The van der Waals surface area contributed by atoms with Crippen molar-refractivity contribution >= 4 is 33.4 Å². The molecule has 1 saturated carbocycles. The van der Waals surface area contributed by atoms with Crippen LogP contribution in [0.4, 0.5) is 5.13 Å². The molecule has 0 bridgehead atoms. The number of benzene rings is 1. The van der Waals surface area contributed by atoms with Gasteiger partial charge in [-0.3, -0.25) is 13.9 Å². The molecule has 33 heavy (non-hydrogen) atoms. The van der Waals surface area contributed by atoms with Crippen molar-refractivity contribution in [1.82, 2.24) is 19.0 Å². The number of aryl methyl sites for hydroxylation is 1. The van der Waals surface area contributed by atoms with Crippen LogP contribution >= 0.6 is 11.3 Å². The Morgan fingerprint density at radius 3 is 2.55 bits per heavy atom. The van der Waals surface area contributed by atoms with Gasteiger partial charge in [0.05, 0.1) is 18.1 Å². The van der Waals surface area contributed by atoms with Crippen LogP contribution in [0.15, 0.2) is 34.6 Å². The molecule has 1 aliphatic carbocycles. The standard InChI is InChI=1S/C24H31N5O3S/c1-26-20-8-7-19(32-2)15-21(20)29(24(26)31)16-17-3-5-18(6-4-17)22(30)27-10-12-28(13-11-27)23-25-9-14-33-23/h7-9,14-15,17-18H,3-6,10-13,16H2,1-2H3. The largest absolute Gasteiger partial charge is 0.497 e. The van der Waals surface area contributed by atoms with E-state index < -0.39 is 0 Å². The first-order chi connectivity index (χ1) is 16.0. The van der Waals surface area contributed by atoms with Crippen LogP contribution in [0.2, 0.25) is 0 Å². The van der Waals surface area contributed by atoms with Crippen LogP contribution in [0.1, 0.15) is 25.7 Å². The molecule has 176 valence electrons. The second kappa shape index (κ2) is 9.21. The SMILES string of the molecule is COc1ccc2c(c1)n(CC1CCC(C(=O)N3CCN(c4nccs4)CC3)CC1)c(=O)n2C. The number of fused-ring (bicyclic) bond motifs is 1. The molecule has 1 aromatic carbocycles. The molecule has 9 heteroatoms. The third-order valence-corrected chi connectivity index (χ3v) is 8.10. The molecule has 5 rings (SSSR count). The number of thiazole rings is 1. The Bertz CT molecular complexity index is 1170. The normalized spacial score (nSPS) is 21.5. The number of hydrogen-bond acceptors (Lipinski definition) is 6. The van der Waals surface area contributed by atoms with E-state index in [9.17, 15) is 9.59 Å². The minimum absolute atomic E-state index is 0.00885. The van der Waals surface area contributed by atoms with Crippen molar-refractivity contribution < 1.29 is 9.53 Å². The third-order valence-electron chi connectivity index (χ3n) is 7.27. The lowest BCUT2D eigenvalue weighted by molar-refractivity contribution is -0.137. The molecule has 2 aromatic heterocycles. The molecule has 2 fully saturated rings. The predicted molar refractivity (Wildman–Crippen MR) is 130 cm³/mol. The Morgan fingerprint density at radius 2 is 1.88 bits per heavy atom. The van der Waals surface area contributed by atoms with Crippen LogP contribution in [0, 0.1) is 11.8 Å². The number of aromatic nitrogens is 3. The molecule has 1 amide bonds. The molecular formula is C24H31N5O3S. The third kappa shape index (κ3) is 4.26. The van der Waals surface area contributed by atoms with Crippen molar-refractivity contribution in [3.05, 3.63) is 40.3 Å². The first kappa shape index (κ1) is 22.0. The van der Waals surface area contributed by atoms with E-state index in [2.05, 4.69) is 9.88 Å². The van der Waals surface area contributed by atoms with E-state index in [4.69, 9.17) is 4.74 Å². The van der Waals surface area contributed by atoms with Crippen LogP contribution < -0.4 is 15.3 Å². The van der Waals surface area contributed by atoms with E-state index in [0.717, 1.165) is 73.8 Å². The van der Waals surface area contributed by atoms with Crippen molar-refractivity contribution in [2.75, 3.05) is 38.2 Å². The molecular weight excluding hydrogens is 438 g/mol. The van der Waals surface area contributed by atoms with Crippen molar-refractivity contribution in [3.8, 4) is 5.75 Å². The Kier molecular flexibility index (Phi) is 6.14. The van der Waals surface area contributed by atoms with Gasteiger partial charge in [0.2, 0.25) is 5.91 Å². The maximum Gasteiger partial charge on any atom is 0.328 e. The van der Waals surface area contributed by atoms with Crippen molar-refractivity contribution in [1.29, 1.82) is 0 Å². The summed E-state index contributed by atoms with van der Waals surface area (Å²) in [5.41, 5.74) is 1.84. The van der Waals surface area contributed by atoms with E-state index in [0.29, 0.717) is 18.4 Å². The zero-order valence-electron chi connectivity index (χ0n) is 19.3. The van der Waals surface area contributed by atoms with Gasteiger partial charge in [-0.25, -0.2) is 9.78 Å². The summed E-state index contributed by atoms with van der Waals surface area (Å²) in [4.78, 5) is 34.7. The molecule has 1 saturated heterocycles. The molecule has 1 aliphatic heterocycles. The van der Waals surface area contributed by atoms with Crippen molar-refractivity contribution in [2.24, 2.45) is 18.9 Å². The summed E-state index contributed by atoms with van der Waals surface area (Å²) in [5, 5.41) is 3.04. The van der Waals surface area contributed by atoms with Gasteiger partial charge in [-0.1, -0.05) is 0 Å². The summed E-state index contributed by atoms with van der Waals surface area (Å²) in [6, 6.07) is 5.77. The Hall–Kier alpha value is -2.81. The van der Waals surface area contributed by atoms with Crippen LogP contribution in [0.25, 0.3) is 11.0 Å². The number of piperazine rings is 1. The topological polar surface area (TPSA) is 72.6 Å². The fraction of sp³-hybridized carbons (Fsp3) is 0.542. The van der Waals surface area contributed by atoms with Gasteiger partial charge in [0.25, 0.3) is 0 Å². The fourth-order valence-electron chi connectivity index (χ4n) is 5.29. The summed E-state index contributed by atoms with van der Waals surface area (Å²) in [7, 11) is 3.46. The Labute approximate surface area is 197 Å². The predicted octanol–water partition coefficient (Wildman–Crippen LogP) is 2.96. The fourth-order valence-corrected chi connectivity index (χ4v) is 5.99. The Morgan fingerprint density at radius 1 is 1.12 bits per heavy atom. The zero-order chi connectivity index (χ0) is 22.9. The molecule has 0 spiro atoms. The number of amides is 1. The number of rotatable bonds is 5. The Balaban J connectivity index is 1.18. The summed E-state index contributed by atoms with van der Waals surface area (Å²) in [6.45, 7) is 3.93. The maximum absolute atomic E-state index is 13.1. The first-order valence-corrected chi connectivity index (χ1v) is 12.6. The molecule has 8 nitrogen and oxygen atoms in total. The van der Waals surface area contributed by atoms with E-state index in [1.54, 1.807) is 23.0 Å². The number of carbonyl (C=O) groups is 1. The van der Waals surface area contributed by atoms with Gasteiger partial charge in [-0.2, -0.15) is 0 Å². The number of nitrogens with zero attached hydrogens (tertiary/aromatic N) is 5. The lowest BCUT2D eigenvalue weighted by atomic mass is 9.81. The highest BCUT2D eigenvalue weighted by atomic mass is 32.1. The minimum atomic E-state index is 0.00885. The van der Waals surface area contributed by atoms with Gasteiger partial charge in [0.15, 0.2) is 5.13 Å². The van der Waals surface area contributed by atoms with Crippen LogP contribution in [-0.4, -0.2) is 58.2 Å². The highest BCUT2D eigenvalue weighted by Gasteiger charge is 2.32. The van der Waals surface area contributed by atoms with Gasteiger partial charge in [-0.15, -0.1) is 11.3 Å². The number of methoxy groups -OCH3 is 1. The van der Waals surface area contributed by atoms with Crippen molar-refractivity contribution in [3.63, 3.8) is 0 Å². The average Bonchev–Trinajstić information content (AvgIpc) is 3.48.